The smallest absolute Gasteiger partial charge is 0.173 e. The fraction of sp³-hybridized carbons (Fsp3) is 0.462. The van der Waals surface area contributed by atoms with E-state index in [1.54, 1.807) is 7.11 Å². The van der Waals surface area contributed by atoms with Gasteiger partial charge in [-0.3, -0.25) is 0 Å². The maximum absolute atomic E-state index is 8.92. The highest BCUT2D eigenvalue weighted by Crippen LogP contribution is 2.31. The third-order valence-electron chi connectivity index (χ3n) is 3.38. The highest BCUT2D eigenvalue weighted by atomic mass is 79.9. The van der Waals surface area contributed by atoms with Crippen LogP contribution < -0.4 is 10.6 Å². The summed E-state index contributed by atoms with van der Waals surface area (Å²) >= 11 is 3.46. The Bertz CT molecular complexity index is 479. The van der Waals surface area contributed by atoms with Gasteiger partial charge in [-0.1, -0.05) is 11.2 Å². The largest absolute Gasteiger partial charge is 0.409 e. The van der Waals surface area contributed by atoms with Crippen molar-refractivity contribution in [1.29, 1.82) is 0 Å². The molecular weight excluding hydrogens is 310 g/mol. The van der Waals surface area contributed by atoms with E-state index in [-0.39, 0.29) is 5.84 Å². The topological polar surface area (TPSA) is 71.1 Å². The van der Waals surface area contributed by atoms with Crippen molar-refractivity contribution < 1.29 is 9.94 Å². The summed E-state index contributed by atoms with van der Waals surface area (Å²) in [6.45, 7) is 2.65. The van der Waals surface area contributed by atoms with E-state index in [1.165, 1.54) is 0 Å². The van der Waals surface area contributed by atoms with Crippen LogP contribution in [0.5, 0.6) is 0 Å². The Hall–Kier alpha value is -1.27. The number of hydrogen-bond donors (Lipinski definition) is 2. The lowest BCUT2D eigenvalue weighted by Crippen LogP contribution is -2.25. The third kappa shape index (κ3) is 3.01. The molecule has 1 aromatic rings. The highest BCUT2D eigenvalue weighted by Gasteiger charge is 2.25. The van der Waals surface area contributed by atoms with Gasteiger partial charge in [0.05, 0.1) is 12.2 Å². The summed E-state index contributed by atoms with van der Waals surface area (Å²) in [5, 5.41) is 12.0. The lowest BCUT2D eigenvalue weighted by Gasteiger charge is -2.22. The first-order valence-electron chi connectivity index (χ1n) is 6.17. The molecule has 0 spiro atoms. The minimum atomic E-state index is 0.123. The van der Waals surface area contributed by atoms with Crippen molar-refractivity contribution in [1.82, 2.24) is 0 Å². The van der Waals surface area contributed by atoms with Crippen molar-refractivity contribution in [2.45, 2.75) is 6.42 Å². The zero-order valence-corrected chi connectivity index (χ0v) is 12.4. The summed E-state index contributed by atoms with van der Waals surface area (Å²) in [5.41, 5.74) is 7.50. The summed E-state index contributed by atoms with van der Waals surface area (Å²) in [5.74, 6) is 0.654. The van der Waals surface area contributed by atoms with Gasteiger partial charge in [0, 0.05) is 36.3 Å². The molecule has 0 radical (unpaired) electrons. The van der Waals surface area contributed by atoms with Gasteiger partial charge >= 0.3 is 0 Å². The predicted molar refractivity (Wildman–Crippen MR) is 78.8 cm³/mol. The number of halogens is 1. The van der Waals surface area contributed by atoms with Crippen molar-refractivity contribution >= 4 is 27.5 Å². The van der Waals surface area contributed by atoms with Gasteiger partial charge in [-0.25, -0.2) is 0 Å². The maximum Gasteiger partial charge on any atom is 0.173 e. The van der Waals surface area contributed by atoms with Crippen molar-refractivity contribution in [3.05, 3.63) is 28.2 Å². The molecule has 1 atom stereocenters. The van der Waals surface area contributed by atoms with Crippen molar-refractivity contribution in [3.63, 3.8) is 0 Å². The average Bonchev–Trinajstić information content (AvgIpc) is 2.86. The van der Waals surface area contributed by atoms with E-state index in [1.807, 2.05) is 18.2 Å². The molecule has 0 amide bonds. The minimum absolute atomic E-state index is 0.123. The number of hydrogen-bond acceptors (Lipinski definition) is 4. The Labute approximate surface area is 121 Å². The maximum atomic E-state index is 8.92. The summed E-state index contributed by atoms with van der Waals surface area (Å²) in [6.07, 6.45) is 1.09. The van der Waals surface area contributed by atoms with Crippen LogP contribution >= 0.6 is 15.9 Å². The molecule has 104 valence electrons. The highest BCUT2D eigenvalue weighted by molar-refractivity contribution is 9.10. The molecule has 1 aliphatic rings. The van der Waals surface area contributed by atoms with E-state index >= 15 is 0 Å². The van der Waals surface area contributed by atoms with Gasteiger partial charge in [-0.15, -0.1) is 0 Å². The second-order valence-electron chi connectivity index (χ2n) is 4.68. The van der Waals surface area contributed by atoms with Crippen LogP contribution in [-0.4, -0.2) is 37.8 Å². The van der Waals surface area contributed by atoms with E-state index < -0.39 is 0 Å². The van der Waals surface area contributed by atoms with Crippen LogP contribution in [0.4, 0.5) is 5.69 Å². The molecule has 2 rings (SSSR count). The van der Waals surface area contributed by atoms with E-state index in [2.05, 4.69) is 26.0 Å². The molecule has 1 heterocycles. The Morgan fingerprint density at radius 1 is 1.63 bits per heavy atom. The van der Waals surface area contributed by atoms with E-state index in [0.717, 1.165) is 41.8 Å². The molecule has 1 saturated heterocycles. The molecule has 19 heavy (non-hydrogen) atoms. The Balaban J connectivity index is 2.28. The number of nitrogens with zero attached hydrogens (tertiary/aromatic N) is 2. The number of methoxy groups -OCH3 is 1. The molecule has 5 nitrogen and oxygen atoms in total. The number of ether oxygens (including phenoxy) is 1. The average molecular weight is 328 g/mol. The SMILES string of the molecule is COCC1CCN(c2cccc(Br)c2/C(N)=N/O)C1. The monoisotopic (exact) mass is 327 g/mol. The summed E-state index contributed by atoms with van der Waals surface area (Å²) in [4.78, 5) is 2.25. The van der Waals surface area contributed by atoms with Gasteiger partial charge < -0.3 is 20.6 Å². The number of nitrogens with two attached hydrogens (primary N) is 1. The van der Waals surface area contributed by atoms with E-state index in [9.17, 15) is 0 Å². The number of amidine groups is 1. The summed E-state index contributed by atoms with van der Waals surface area (Å²) in [7, 11) is 1.73. The molecule has 1 fully saturated rings. The molecule has 1 aliphatic heterocycles. The summed E-state index contributed by atoms with van der Waals surface area (Å²) < 4.78 is 6.04. The fourth-order valence-electron chi connectivity index (χ4n) is 2.50. The van der Waals surface area contributed by atoms with Crippen LogP contribution in [0, 0.1) is 5.92 Å². The molecule has 0 aliphatic carbocycles. The van der Waals surface area contributed by atoms with Crippen LogP contribution in [0.2, 0.25) is 0 Å². The second-order valence-corrected chi connectivity index (χ2v) is 5.53. The fourth-order valence-corrected chi connectivity index (χ4v) is 3.06. The van der Waals surface area contributed by atoms with Crippen molar-refractivity contribution in [2.75, 3.05) is 31.7 Å². The minimum Gasteiger partial charge on any atom is -0.409 e. The Morgan fingerprint density at radius 2 is 2.42 bits per heavy atom. The molecule has 0 saturated carbocycles. The van der Waals surface area contributed by atoms with E-state index in [4.69, 9.17) is 15.7 Å². The van der Waals surface area contributed by atoms with Crippen LogP contribution in [-0.2, 0) is 4.74 Å². The third-order valence-corrected chi connectivity index (χ3v) is 4.05. The van der Waals surface area contributed by atoms with Crippen LogP contribution in [0.25, 0.3) is 0 Å². The first-order valence-corrected chi connectivity index (χ1v) is 6.97. The van der Waals surface area contributed by atoms with Crippen molar-refractivity contribution in [3.8, 4) is 0 Å². The van der Waals surface area contributed by atoms with Crippen LogP contribution in [0.3, 0.4) is 0 Å². The van der Waals surface area contributed by atoms with Gasteiger partial charge in [0.25, 0.3) is 0 Å². The first kappa shape index (κ1) is 14.1. The predicted octanol–water partition coefficient (Wildman–Crippen LogP) is 2.02. The zero-order valence-electron chi connectivity index (χ0n) is 10.8. The van der Waals surface area contributed by atoms with Gasteiger partial charge in [0.15, 0.2) is 5.84 Å². The molecule has 1 aromatic carbocycles. The lowest BCUT2D eigenvalue weighted by molar-refractivity contribution is 0.161. The van der Waals surface area contributed by atoms with Gasteiger partial charge in [0.1, 0.15) is 0 Å². The molecule has 0 aromatic heterocycles. The zero-order chi connectivity index (χ0) is 13.8. The normalized spacial score (nSPS) is 20.0. The van der Waals surface area contributed by atoms with E-state index in [0.29, 0.717) is 5.92 Å². The van der Waals surface area contributed by atoms with Crippen LogP contribution in [0.1, 0.15) is 12.0 Å². The van der Waals surface area contributed by atoms with Gasteiger partial charge in [-0.05, 0) is 34.5 Å². The first-order chi connectivity index (χ1) is 9.17. The number of rotatable bonds is 4. The van der Waals surface area contributed by atoms with Crippen LogP contribution in [0.15, 0.2) is 27.8 Å². The number of oxime groups is 1. The molecule has 3 N–H and O–H groups in total. The molecular formula is C13H18BrN3O2. The Morgan fingerprint density at radius 3 is 3.11 bits per heavy atom. The Kier molecular flexibility index (Phi) is 4.66. The van der Waals surface area contributed by atoms with Crippen molar-refractivity contribution in [2.24, 2.45) is 16.8 Å². The van der Waals surface area contributed by atoms with Gasteiger partial charge in [-0.2, -0.15) is 0 Å². The second kappa shape index (κ2) is 6.25. The standard InChI is InChI=1S/C13H18BrN3O2/c1-19-8-9-5-6-17(7-9)11-4-2-3-10(14)12(11)13(15)16-18/h2-4,9,18H,5-8H2,1H3,(H2,15,16). The molecule has 1 unspecified atom stereocenters. The molecule has 0 bridgehead atoms. The number of benzene rings is 1. The summed E-state index contributed by atoms with van der Waals surface area (Å²) in [6, 6.07) is 5.84. The van der Waals surface area contributed by atoms with Gasteiger partial charge in [0.2, 0.25) is 0 Å². The lowest BCUT2D eigenvalue weighted by atomic mass is 10.1. The number of anilines is 1. The molecule has 6 heteroatoms. The quantitative estimate of drug-likeness (QED) is 0.384.